The molecule has 0 saturated heterocycles. The molecule has 274 valence electrons. The van der Waals surface area contributed by atoms with Gasteiger partial charge in [-0.05, 0) is 72.0 Å². The maximum absolute atomic E-state index is 14.3. The number of rotatable bonds is 15. The lowest BCUT2D eigenvalue weighted by Crippen LogP contribution is -2.27. The molecule has 0 aliphatic heterocycles. The van der Waals surface area contributed by atoms with Gasteiger partial charge in [-0.3, -0.25) is 14.4 Å². The molecule has 0 fully saturated rings. The van der Waals surface area contributed by atoms with Crippen LogP contribution in [0.1, 0.15) is 72.4 Å². The zero-order valence-electron chi connectivity index (χ0n) is 29.6. The fourth-order valence-electron chi connectivity index (χ4n) is 6.37. The highest BCUT2D eigenvalue weighted by Crippen LogP contribution is 2.42. The van der Waals surface area contributed by atoms with E-state index >= 15 is 0 Å². The summed E-state index contributed by atoms with van der Waals surface area (Å²) in [7, 11) is 0. The van der Waals surface area contributed by atoms with Crippen molar-refractivity contribution in [2.75, 3.05) is 5.32 Å². The molecule has 2 atom stereocenters. The van der Waals surface area contributed by atoms with Crippen LogP contribution in [0, 0.1) is 5.82 Å². The summed E-state index contributed by atoms with van der Waals surface area (Å²) in [4.78, 5) is 50.9. The number of aliphatic carboxylic acids is 1. The maximum atomic E-state index is 14.3. The smallest absolute Gasteiger partial charge is 0.342 e. The summed E-state index contributed by atoms with van der Waals surface area (Å²) in [5.41, 5.74) is 4.31. The van der Waals surface area contributed by atoms with E-state index in [-0.39, 0.29) is 42.5 Å². The third-order valence-electron chi connectivity index (χ3n) is 8.55. The molecule has 3 N–H and O–H groups in total. The summed E-state index contributed by atoms with van der Waals surface area (Å²) in [6, 6.07) is 30.4. The second-order valence-corrected chi connectivity index (χ2v) is 12.9. The summed E-state index contributed by atoms with van der Waals surface area (Å²) in [5, 5.41) is 24.0. The Morgan fingerprint density at radius 1 is 0.830 bits per heavy atom. The average Bonchev–Trinajstić information content (AvgIpc) is 3.47. The average molecular weight is 721 g/mol. The summed E-state index contributed by atoms with van der Waals surface area (Å²) >= 11 is 0. The molecule has 5 aromatic rings. The van der Waals surface area contributed by atoms with E-state index in [1.807, 2.05) is 66.9 Å². The summed E-state index contributed by atoms with van der Waals surface area (Å²) in [6.07, 6.45) is -3.10. The second-order valence-electron chi connectivity index (χ2n) is 12.9. The number of aliphatic hydroxyl groups is 1. The Morgan fingerprint density at radius 3 is 2.08 bits per heavy atom. The lowest BCUT2D eigenvalue weighted by atomic mass is 9.94. The fourth-order valence-corrected chi connectivity index (χ4v) is 6.37. The predicted octanol–water partition coefficient (Wildman–Crippen LogP) is 8.10. The SMILES string of the molecule is CC(=O)Oc1ccccc1C(=O)O[C@@H](CC(=O)O)C[C@H](O)CCn1c(-c2ccc(F)cc2)c(-c2ccccc2)c(C(=O)Nc2ccccc2)c1C(C)C. The van der Waals surface area contributed by atoms with E-state index in [4.69, 9.17) is 9.47 Å². The van der Waals surface area contributed by atoms with Crippen molar-refractivity contribution >= 4 is 29.5 Å². The molecule has 0 unspecified atom stereocenters. The zero-order chi connectivity index (χ0) is 38.1. The number of esters is 2. The lowest BCUT2D eigenvalue weighted by Gasteiger charge is -2.22. The predicted molar refractivity (Wildman–Crippen MR) is 198 cm³/mol. The minimum absolute atomic E-state index is 0.0388. The molecule has 1 aromatic heterocycles. The first-order valence-electron chi connectivity index (χ1n) is 17.2. The molecule has 0 radical (unpaired) electrons. The van der Waals surface area contributed by atoms with Crippen molar-refractivity contribution in [1.29, 1.82) is 0 Å². The molecule has 0 saturated carbocycles. The number of carbonyl (C=O) groups is 4. The number of hydrogen-bond donors (Lipinski definition) is 3. The van der Waals surface area contributed by atoms with Crippen LogP contribution < -0.4 is 10.1 Å². The van der Waals surface area contributed by atoms with E-state index < -0.39 is 42.4 Å². The highest BCUT2D eigenvalue weighted by Gasteiger charge is 2.31. The third kappa shape index (κ3) is 9.63. The second kappa shape index (κ2) is 17.4. The normalized spacial score (nSPS) is 12.2. The van der Waals surface area contributed by atoms with E-state index in [0.717, 1.165) is 5.56 Å². The molecule has 1 heterocycles. The highest BCUT2D eigenvalue weighted by atomic mass is 19.1. The van der Waals surface area contributed by atoms with Crippen molar-refractivity contribution in [3.63, 3.8) is 0 Å². The topological polar surface area (TPSA) is 144 Å². The van der Waals surface area contributed by atoms with Crippen molar-refractivity contribution in [2.45, 2.75) is 64.7 Å². The number of aromatic nitrogens is 1. The highest BCUT2D eigenvalue weighted by molar-refractivity contribution is 6.12. The Morgan fingerprint density at radius 2 is 1.45 bits per heavy atom. The van der Waals surface area contributed by atoms with Crippen LogP contribution in [0.3, 0.4) is 0 Å². The van der Waals surface area contributed by atoms with Crippen LogP contribution >= 0.6 is 0 Å². The first kappa shape index (κ1) is 38.2. The zero-order valence-corrected chi connectivity index (χ0v) is 29.6. The maximum Gasteiger partial charge on any atom is 0.342 e. The van der Waals surface area contributed by atoms with Crippen LogP contribution in [0.2, 0.25) is 0 Å². The van der Waals surface area contributed by atoms with E-state index in [9.17, 15) is 33.8 Å². The van der Waals surface area contributed by atoms with Crippen LogP contribution in [0.5, 0.6) is 5.75 Å². The van der Waals surface area contributed by atoms with Gasteiger partial charge in [0.2, 0.25) is 0 Å². The minimum atomic E-state index is -1.24. The molecule has 10 nitrogen and oxygen atoms in total. The van der Waals surface area contributed by atoms with Gasteiger partial charge in [-0.1, -0.05) is 74.5 Å². The van der Waals surface area contributed by atoms with Gasteiger partial charge < -0.3 is 29.6 Å². The van der Waals surface area contributed by atoms with Gasteiger partial charge in [-0.2, -0.15) is 0 Å². The standard InChI is InChI=1S/C42H41FN2O8/c1-26(2)39-38(41(50)44-31-14-8-5-9-15-31)37(28-12-6-4-7-13-28)40(29-18-20-30(43)21-19-29)45(39)23-22-32(47)24-33(25-36(48)49)53-42(51)34-16-10-11-17-35(34)52-27(3)46/h4-21,26,32-33,47H,22-25H2,1-3H3,(H,44,50)(H,48,49)/t32-,33-/m1/s1. The first-order valence-corrected chi connectivity index (χ1v) is 17.2. The molecule has 11 heteroatoms. The van der Waals surface area contributed by atoms with Gasteiger partial charge in [0.1, 0.15) is 23.2 Å². The number of carboxylic acid groups (broad SMARTS) is 1. The van der Waals surface area contributed by atoms with E-state index in [2.05, 4.69) is 5.32 Å². The van der Waals surface area contributed by atoms with E-state index in [1.165, 1.54) is 31.2 Å². The monoisotopic (exact) mass is 720 g/mol. The molecule has 4 aromatic carbocycles. The van der Waals surface area contributed by atoms with Crippen LogP contribution in [-0.4, -0.2) is 50.8 Å². The summed E-state index contributed by atoms with van der Waals surface area (Å²) < 4.78 is 26.9. The van der Waals surface area contributed by atoms with Crippen molar-refractivity contribution < 1.29 is 43.3 Å². The van der Waals surface area contributed by atoms with Crippen molar-refractivity contribution in [1.82, 2.24) is 4.57 Å². The van der Waals surface area contributed by atoms with Gasteiger partial charge in [-0.15, -0.1) is 0 Å². The van der Waals surface area contributed by atoms with Crippen molar-refractivity contribution in [2.24, 2.45) is 0 Å². The molecule has 0 aliphatic rings. The number of ether oxygens (including phenoxy) is 2. The third-order valence-corrected chi connectivity index (χ3v) is 8.55. The minimum Gasteiger partial charge on any atom is -0.481 e. The number of anilines is 1. The molecular weight excluding hydrogens is 679 g/mol. The number of benzene rings is 4. The number of aliphatic hydroxyl groups excluding tert-OH is 1. The number of nitrogens with zero attached hydrogens (tertiary/aromatic N) is 1. The van der Waals surface area contributed by atoms with Crippen LogP contribution in [0.4, 0.5) is 10.1 Å². The molecule has 0 spiro atoms. The fraction of sp³-hybridized carbons (Fsp3) is 0.238. The molecule has 0 bridgehead atoms. The van der Waals surface area contributed by atoms with Crippen LogP contribution in [0.25, 0.3) is 22.4 Å². The van der Waals surface area contributed by atoms with Gasteiger partial charge in [-0.25, -0.2) is 9.18 Å². The number of para-hydroxylation sites is 2. The van der Waals surface area contributed by atoms with Crippen LogP contribution in [-0.2, 0) is 20.9 Å². The number of carbonyl (C=O) groups excluding carboxylic acids is 3. The quantitative estimate of drug-likeness (QED) is 0.0727. The largest absolute Gasteiger partial charge is 0.481 e. The summed E-state index contributed by atoms with van der Waals surface area (Å²) in [5.74, 6) is -3.80. The van der Waals surface area contributed by atoms with Gasteiger partial charge in [0.15, 0.2) is 0 Å². The number of halogens is 1. The number of nitrogens with one attached hydrogen (secondary N) is 1. The molecule has 53 heavy (non-hydrogen) atoms. The summed E-state index contributed by atoms with van der Waals surface area (Å²) in [6.45, 7) is 5.27. The van der Waals surface area contributed by atoms with E-state index in [1.54, 1.807) is 36.4 Å². The Balaban J connectivity index is 1.53. The Labute approximate surface area is 306 Å². The van der Waals surface area contributed by atoms with Gasteiger partial charge in [0.25, 0.3) is 5.91 Å². The van der Waals surface area contributed by atoms with E-state index in [0.29, 0.717) is 33.8 Å². The van der Waals surface area contributed by atoms with Crippen molar-refractivity contribution in [3.8, 4) is 28.1 Å². The number of carboxylic acids is 1. The first-order chi connectivity index (χ1) is 25.4. The van der Waals surface area contributed by atoms with Crippen molar-refractivity contribution in [3.05, 3.63) is 132 Å². The number of hydrogen-bond acceptors (Lipinski definition) is 7. The molecule has 1 amide bonds. The molecule has 5 rings (SSSR count). The van der Waals surface area contributed by atoms with Crippen LogP contribution in [0.15, 0.2) is 109 Å². The molecule has 0 aliphatic carbocycles. The number of amides is 1. The van der Waals surface area contributed by atoms with Gasteiger partial charge in [0, 0.05) is 36.8 Å². The Kier molecular flexibility index (Phi) is 12.6. The Hall–Kier alpha value is -6.07. The lowest BCUT2D eigenvalue weighted by molar-refractivity contribution is -0.139. The van der Waals surface area contributed by atoms with Gasteiger partial charge in [0.05, 0.1) is 23.8 Å². The Bertz CT molecular complexity index is 2060. The van der Waals surface area contributed by atoms with Gasteiger partial charge >= 0.3 is 17.9 Å². The molecular formula is C42H41FN2O8.